The summed E-state index contributed by atoms with van der Waals surface area (Å²) in [6, 6.07) is 8.82. The summed E-state index contributed by atoms with van der Waals surface area (Å²) in [7, 11) is 0. The summed E-state index contributed by atoms with van der Waals surface area (Å²) in [5.41, 5.74) is 1.97. The minimum absolute atomic E-state index is 0.0313. The second kappa shape index (κ2) is 8.61. The van der Waals surface area contributed by atoms with Crippen molar-refractivity contribution in [1.29, 1.82) is 0 Å². The van der Waals surface area contributed by atoms with Gasteiger partial charge in [-0.25, -0.2) is 4.52 Å². The molecule has 3 aromatic rings. The summed E-state index contributed by atoms with van der Waals surface area (Å²) in [4.78, 5) is 28.8. The average molecular weight is 387 g/mol. The van der Waals surface area contributed by atoms with E-state index in [0.29, 0.717) is 12.2 Å². The normalized spacial score (nSPS) is 12.6. The van der Waals surface area contributed by atoms with Gasteiger partial charge in [-0.1, -0.05) is 19.1 Å². The topological polar surface area (TPSA) is 68.4 Å². The third-order valence-corrected chi connectivity index (χ3v) is 5.82. The zero-order valence-corrected chi connectivity index (χ0v) is 16.9. The van der Waals surface area contributed by atoms with Crippen LogP contribution in [0, 0.1) is 6.92 Å². The Morgan fingerprint density at radius 2 is 2.07 bits per heavy atom. The van der Waals surface area contributed by atoms with Crippen molar-refractivity contribution in [3.8, 4) is 0 Å². The van der Waals surface area contributed by atoms with Crippen molar-refractivity contribution in [3.05, 3.63) is 46.4 Å². The zero-order chi connectivity index (χ0) is 19.4. The maximum Gasteiger partial charge on any atom is 0.273 e. The Hall–Kier alpha value is -2.28. The third kappa shape index (κ3) is 4.03. The quantitative estimate of drug-likeness (QED) is 0.604. The van der Waals surface area contributed by atoms with E-state index in [2.05, 4.69) is 17.2 Å². The highest BCUT2D eigenvalue weighted by Gasteiger charge is 2.21. The largest absolute Gasteiger partial charge is 0.354 e. The number of aryl methyl sites for hydroxylation is 1. The molecule has 0 aliphatic rings. The van der Waals surface area contributed by atoms with Gasteiger partial charge < -0.3 is 5.32 Å². The first-order chi connectivity index (χ1) is 13.0. The van der Waals surface area contributed by atoms with E-state index in [0.717, 1.165) is 34.5 Å². The van der Waals surface area contributed by atoms with Gasteiger partial charge in [0.15, 0.2) is 5.65 Å². The zero-order valence-electron chi connectivity index (χ0n) is 16.1. The highest BCUT2D eigenvalue weighted by molar-refractivity contribution is 7.99. The number of hydrogen-bond acceptors (Lipinski definition) is 4. The molecule has 27 heavy (non-hydrogen) atoms. The number of nitrogens with zero attached hydrogens (tertiary/aromatic N) is 3. The van der Waals surface area contributed by atoms with Gasteiger partial charge in [-0.2, -0.15) is 16.7 Å². The number of carbonyl (C=O) groups is 1. The molecule has 2 heterocycles. The van der Waals surface area contributed by atoms with Gasteiger partial charge in [0.1, 0.15) is 6.04 Å². The summed E-state index contributed by atoms with van der Waals surface area (Å²) in [6.45, 7) is 6.59. The molecule has 1 N–H and O–H groups in total. The van der Waals surface area contributed by atoms with Crippen molar-refractivity contribution < 1.29 is 4.79 Å². The molecule has 0 saturated carbocycles. The third-order valence-electron chi connectivity index (χ3n) is 4.55. The molecule has 0 aliphatic heterocycles. The Labute approximate surface area is 162 Å². The monoisotopic (exact) mass is 386 g/mol. The first-order valence-corrected chi connectivity index (χ1v) is 10.5. The molecule has 2 aromatic heterocycles. The van der Waals surface area contributed by atoms with E-state index in [9.17, 15) is 9.59 Å². The fourth-order valence-electron chi connectivity index (χ4n) is 3.28. The molecule has 144 valence electrons. The molecule has 3 rings (SSSR count). The second-order valence-electron chi connectivity index (χ2n) is 6.67. The van der Waals surface area contributed by atoms with Crippen LogP contribution in [-0.4, -0.2) is 38.1 Å². The predicted molar refractivity (Wildman–Crippen MR) is 112 cm³/mol. The number of para-hydroxylation sites is 1. The van der Waals surface area contributed by atoms with Crippen LogP contribution in [0.1, 0.15) is 38.4 Å². The molecule has 1 atom stereocenters. The van der Waals surface area contributed by atoms with E-state index in [4.69, 9.17) is 0 Å². The van der Waals surface area contributed by atoms with E-state index < -0.39 is 6.04 Å². The van der Waals surface area contributed by atoms with Crippen molar-refractivity contribution in [2.45, 2.75) is 39.7 Å². The Morgan fingerprint density at radius 1 is 1.30 bits per heavy atom. The Morgan fingerprint density at radius 3 is 2.85 bits per heavy atom. The maximum atomic E-state index is 12.8. The fourth-order valence-corrected chi connectivity index (χ4v) is 4.12. The van der Waals surface area contributed by atoms with Crippen molar-refractivity contribution in [3.63, 3.8) is 0 Å². The average Bonchev–Trinajstić information content (AvgIpc) is 2.98. The first kappa shape index (κ1) is 19.5. The first-order valence-electron chi connectivity index (χ1n) is 9.39. The van der Waals surface area contributed by atoms with Gasteiger partial charge in [0, 0.05) is 23.7 Å². The van der Waals surface area contributed by atoms with E-state index in [-0.39, 0.29) is 11.5 Å². The van der Waals surface area contributed by atoms with E-state index in [1.54, 1.807) is 0 Å². The van der Waals surface area contributed by atoms with Crippen LogP contribution in [0.4, 0.5) is 0 Å². The number of benzene rings is 1. The van der Waals surface area contributed by atoms with Crippen LogP contribution in [0.3, 0.4) is 0 Å². The lowest BCUT2D eigenvalue weighted by Gasteiger charge is -2.18. The van der Waals surface area contributed by atoms with E-state index >= 15 is 0 Å². The molecule has 0 saturated heterocycles. The van der Waals surface area contributed by atoms with Gasteiger partial charge in [-0.15, -0.1) is 0 Å². The lowest BCUT2D eigenvalue weighted by Crippen LogP contribution is -2.33. The SMILES string of the molecule is CCCSCCCNC(=O)[C@H](C)n1c2ccccc2c2nc(=O)cc(C)n21. The van der Waals surface area contributed by atoms with Crippen LogP contribution in [0.15, 0.2) is 35.1 Å². The fraction of sp³-hybridized carbons (Fsp3) is 0.450. The van der Waals surface area contributed by atoms with Gasteiger partial charge >= 0.3 is 0 Å². The minimum Gasteiger partial charge on any atom is -0.354 e. The highest BCUT2D eigenvalue weighted by Crippen LogP contribution is 2.24. The van der Waals surface area contributed by atoms with Crippen LogP contribution >= 0.6 is 11.8 Å². The number of carbonyl (C=O) groups excluding carboxylic acids is 1. The summed E-state index contributed by atoms with van der Waals surface area (Å²) in [5.74, 6) is 2.19. The molecule has 6 nitrogen and oxygen atoms in total. The number of aromatic nitrogens is 3. The maximum absolute atomic E-state index is 12.8. The number of hydrogen-bond donors (Lipinski definition) is 1. The van der Waals surface area contributed by atoms with E-state index in [1.807, 2.05) is 59.1 Å². The van der Waals surface area contributed by atoms with Gasteiger partial charge in [-0.3, -0.25) is 14.3 Å². The van der Waals surface area contributed by atoms with Crippen molar-refractivity contribution in [2.75, 3.05) is 18.1 Å². The van der Waals surface area contributed by atoms with Crippen LogP contribution in [0.2, 0.25) is 0 Å². The molecule has 1 aromatic carbocycles. The van der Waals surface area contributed by atoms with Crippen molar-refractivity contribution in [1.82, 2.24) is 19.5 Å². The minimum atomic E-state index is -0.418. The van der Waals surface area contributed by atoms with Crippen LogP contribution < -0.4 is 10.9 Å². The molecule has 7 heteroatoms. The molecular weight excluding hydrogens is 360 g/mol. The second-order valence-corrected chi connectivity index (χ2v) is 7.89. The van der Waals surface area contributed by atoms with Crippen molar-refractivity contribution in [2.24, 2.45) is 0 Å². The standard InChI is InChI=1S/C20H26N4O2S/c1-4-11-27-12-7-10-21-20(26)15(3)24-17-9-6-5-8-16(17)19-22-18(25)13-14(2)23(19)24/h5-6,8-9,13,15H,4,7,10-12H2,1-3H3,(H,21,26)/t15-/m0/s1. The number of fused-ring (bicyclic) bond motifs is 3. The lowest BCUT2D eigenvalue weighted by atomic mass is 10.2. The summed E-state index contributed by atoms with van der Waals surface area (Å²) < 4.78 is 3.79. The molecule has 0 aliphatic carbocycles. The van der Waals surface area contributed by atoms with Crippen LogP contribution in [-0.2, 0) is 4.79 Å². The number of thioether (sulfide) groups is 1. The Kier molecular flexibility index (Phi) is 6.21. The highest BCUT2D eigenvalue weighted by atomic mass is 32.2. The van der Waals surface area contributed by atoms with Crippen LogP contribution in [0.5, 0.6) is 0 Å². The van der Waals surface area contributed by atoms with Crippen molar-refractivity contribution >= 4 is 34.2 Å². The number of nitrogens with one attached hydrogen (secondary N) is 1. The molecule has 0 fully saturated rings. The van der Waals surface area contributed by atoms with E-state index in [1.165, 1.54) is 12.5 Å². The van der Waals surface area contributed by atoms with Gasteiger partial charge in [0.05, 0.1) is 5.52 Å². The summed E-state index contributed by atoms with van der Waals surface area (Å²) >= 11 is 1.92. The smallest absolute Gasteiger partial charge is 0.273 e. The van der Waals surface area contributed by atoms with Gasteiger partial charge in [0.2, 0.25) is 5.91 Å². The molecule has 0 unspecified atom stereocenters. The van der Waals surface area contributed by atoms with Gasteiger partial charge in [-0.05, 0) is 50.3 Å². The van der Waals surface area contributed by atoms with Gasteiger partial charge in [0.25, 0.3) is 5.56 Å². The molecular formula is C20H26N4O2S. The summed E-state index contributed by atoms with van der Waals surface area (Å²) in [5, 5.41) is 3.91. The lowest BCUT2D eigenvalue weighted by molar-refractivity contribution is -0.124. The predicted octanol–water partition coefficient (Wildman–Crippen LogP) is 3.17. The number of amides is 1. The number of rotatable bonds is 8. The molecule has 1 amide bonds. The Balaban J connectivity index is 1.88. The molecule has 0 radical (unpaired) electrons. The summed E-state index contributed by atoms with van der Waals surface area (Å²) in [6.07, 6.45) is 2.14. The molecule has 0 bridgehead atoms. The van der Waals surface area contributed by atoms with Crippen LogP contribution in [0.25, 0.3) is 16.6 Å². The molecule has 0 spiro atoms. The Bertz CT molecular complexity index is 1010.